The Morgan fingerprint density at radius 2 is 2.42 bits per heavy atom. The van der Waals surface area contributed by atoms with E-state index in [-0.39, 0.29) is 6.10 Å². The van der Waals surface area contributed by atoms with Gasteiger partial charge in [-0.15, -0.1) is 0 Å². The zero-order chi connectivity index (χ0) is 13.2. The highest BCUT2D eigenvalue weighted by atomic mass is 16.5. The summed E-state index contributed by atoms with van der Waals surface area (Å²) in [7, 11) is 0. The van der Waals surface area contributed by atoms with Gasteiger partial charge in [-0.05, 0) is 25.8 Å². The molecule has 0 saturated carbocycles. The van der Waals surface area contributed by atoms with Crippen LogP contribution in [-0.2, 0) is 11.2 Å². The standard InChI is InChI=1S/C13H21N5O/c1-2-9-6-12(17-14)16-13(15-9)11-7-18-5-3-4-10(18)8-19-11/h6,10-11H,2-5,7-8,14H2,1H3,(H,15,16,17). The number of fused-ring (bicyclic) bond motifs is 1. The molecule has 6 heteroatoms. The molecule has 3 heterocycles. The van der Waals surface area contributed by atoms with Crippen LogP contribution in [0.5, 0.6) is 0 Å². The molecule has 0 bridgehead atoms. The molecule has 1 aromatic rings. The van der Waals surface area contributed by atoms with Gasteiger partial charge in [0.2, 0.25) is 0 Å². The topological polar surface area (TPSA) is 76.3 Å². The normalized spacial score (nSPS) is 27.3. The molecule has 6 nitrogen and oxygen atoms in total. The summed E-state index contributed by atoms with van der Waals surface area (Å²) in [5, 5.41) is 0. The highest BCUT2D eigenvalue weighted by molar-refractivity contribution is 5.34. The number of aryl methyl sites for hydroxylation is 1. The van der Waals surface area contributed by atoms with Crippen molar-refractivity contribution in [1.29, 1.82) is 0 Å². The second-order valence-corrected chi connectivity index (χ2v) is 5.21. The van der Waals surface area contributed by atoms with Crippen LogP contribution in [0.1, 0.15) is 37.4 Å². The fraction of sp³-hybridized carbons (Fsp3) is 0.692. The summed E-state index contributed by atoms with van der Waals surface area (Å²) in [6.07, 6.45) is 3.35. The van der Waals surface area contributed by atoms with Gasteiger partial charge in [0.1, 0.15) is 11.9 Å². The molecular formula is C13H21N5O. The lowest BCUT2D eigenvalue weighted by Crippen LogP contribution is -2.43. The zero-order valence-electron chi connectivity index (χ0n) is 11.3. The molecule has 2 aliphatic rings. The number of nitrogens with two attached hydrogens (primary N) is 1. The van der Waals surface area contributed by atoms with Crippen molar-refractivity contribution in [2.24, 2.45) is 5.84 Å². The molecule has 2 atom stereocenters. The van der Waals surface area contributed by atoms with Crippen molar-refractivity contribution in [2.45, 2.75) is 38.3 Å². The first-order chi connectivity index (χ1) is 9.30. The Bertz CT molecular complexity index is 430. The van der Waals surface area contributed by atoms with E-state index in [1.165, 1.54) is 19.4 Å². The van der Waals surface area contributed by atoms with Gasteiger partial charge in [0.15, 0.2) is 5.82 Å². The van der Waals surface area contributed by atoms with Crippen LogP contribution in [0.4, 0.5) is 5.82 Å². The number of hydrogen-bond acceptors (Lipinski definition) is 6. The molecule has 1 aromatic heterocycles. The summed E-state index contributed by atoms with van der Waals surface area (Å²) in [6, 6.07) is 2.48. The maximum absolute atomic E-state index is 5.94. The summed E-state index contributed by atoms with van der Waals surface area (Å²) in [5.41, 5.74) is 3.60. The summed E-state index contributed by atoms with van der Waals surface area (Å²) in [4.78, 5) is 11.5. The van der Waals surface area contributed by atoms with E-state index >= 15 is 0 Å². The minimum Gasteiger partial charge on any atom is -0.367 e. The van der Waals surface area contributed by atoms with Gasteiger partial charge in [-0.3, -0.25) is 4.90 Å². The fourth-order valence-corrected chi connectivity index (χ4v) is 2.89. The van der Waals surface area contributed by atoms with Crippen molar-refractivity contribution in [2.75, 3.05) is 25.1 Å². The third kappa shape index (κ3) is 2.56. The molecule has 19 heavy (non-hydrogen) atoms. The van der Waals surface area contributed by atoms with E-state index in [4.69, 9.17) is 10.6 Å². The van der Waals surface area contributed by atoms with E-state index < -0.39 is 0 Å². The van der Waals surface area contributed by atoms with E-state index in [2.05, 4.69) is 27.2 Å². The number of rotatable bonds is 3. The number of nitrogens with one attached hydrogen (secondary N) is 1. The minimum absolute atomic E-state index is 0.0343. The van der Waals surface area contributed by atoms with Gasteiger partial charge in [-0.25, -0.2) is 15.8 Å². The second kappa shape index (κ2) is 5.40. The number of aromatic nitrogens is 2. The van der Waals surface area contributed by atoms with Crippen molar-refractivity contribution in [1.82, 2.24) is 14.9 Å². The van der Waals surface area contributed by atoms with Crippen molar-refractivity contribution in [3.05, 3.63) is 17.6 Å². The molecule has 3 N–H and O–H groups in total. The van der Waals surface area contributed by atoms with Crippen LogP contribution in [0.15, 0.2) is 6.07 Å². The smallest absolute Gasteiger partial charge is 0.161 e. The van der Waals surface area contributed by atoms with Crippen molar-refractivity contribution in [3.63, 3.8) is 0 Å². The van der Waals surface area contributed by atoms with Crippen LogP contribution in [-0.4, -0.2) is 40.6 Å². The van der Waals surface area contributed by atoms with Crippen molar-refractivity contribution < 1.29 is 4.74 Å². The third-order valence-corrected chi connectivity index (χ3v) is 3.98. The molecule has 3 rings (SSSR count). The van der Waals surface area contributed by atoms with Crippen LogP contribution in [0.25, 0.3) is 0 Å². The van der Waals surface area contributed by atoms with Gasteiger partial charge in [0.25, 0.3) is 0 Å². The number of nitrogens with zero attached hydrogens (tertiary/aromatic N) is 3. The van der Waals surface area contributed by atoms with Crippen LogP contribution < -0.4 is 11.3 Å². The molecular weight excluding hydrogens is 242 g/mol. The van der Waals surface area contributed by atoms with Gasteiger partial charge in [0, 0.05) is 24.3 Å². The van der Waals surface area contributed by atoms with Gasteiger partial charge in [0.05, 0.1) is 6.61 Å². The third-order valence-electron chi connectivity index (χ3n) is 3.98. The first-order valence-electron chi connectivity index (χ1n) is 7.00. The van der Waals surface area contributed by atoms with Gasteiger partial charge in [-0.2, -0.15) is 0 Å². The largest absolute Gasteiger partial charge is 0.367 e. The molecule has 0 amide bonds. The summed E-state index contributed by atoms with van der Waals surface area (Å²) < 4.78 is 5.94. The Morgan fingerprint density at radius 3 is 3.21 bits per heavy atom. The predicted octanol–water partition coefficient (Wildman–Crippen LogP) is 0.860. The monoisotopic (exact) mass is 263 g/mol. The first-order valence-corrected chi connectivity index (χ1v) is 7.00. The molecule has 0 spiro atoms. The lowest BCUT2D eigenvalue weighted by molar-refractivity contribution is -0.0541. The number of morpholine rings is 1. The average Bonchev–Trinajstić information content (AvgIpc) is 2.94. The molecule has 2 unspecified atom stereocenters. The fourth-order valence-electron chi connectivity index (χ4n) is 2.89. The van der Waals surface area contributed by atoms with Crippen LogP contribution >= 0.6 is 0 Å². The Kier molecular flexibility index (Phi) is 3.63. The summed E-state index contributed by atoms with van der Waals surface area (Å²) >= 11 is 0. The Labute approximate surface area is 113 Å². The predicted molar refractivity (Wildman–Crippen MR) is 72.5 cm³/mol. The summed E-state index contributed by atoms with van der Waals surface area (Å²) in [6.45, 7) is 4.92. The molecule has 0 radical (unpaired) electrons. The highest BCUT2D eigenvalue weighted by Crippen LogP contribution is 2.29. The summed E-state index contributed by atoms with van der Waals surface area (Å²) in [5.74, 6) is 6.87. The quantitative estimate of drug-likeness (QED) is 0.622. The Balaban J connectivity index is 1.81. The molecule has 2 fully saturated rings. The van der Waals surface area contributed by atoms with Crippen LogP contribution in [0.2, 0.25) is 0 Å². The second-order valence-electron chi connectivity index (χ2n) is 5.21. The van der Waals surface area contributed by atoms with Crippen molar-refractivity contribution >= 4 is 5.82 Å². The molecule has 104 valence electrons. The lowest BCUT2D eigenvalue weighted by atomic mass is 10.1. The number of nitrogen functional groups attached to an aromatic ring is 1. The van der Waals surface area contributed by atoms with Crippen LogP contribution in [0.3, 0.4) is 0 Å². The number of ether oxygens (including phenoxy) is 1. The number of anilines is 1. The molecule has 0 aromatic carbocycles. The molecule has 2 aliphatic heterocycles. The van der Waals surface area contributed by atoms with E-state index in [0.29, 0.717) is 11.9 Å². The maximum atomic E-state index is 5.94. The van der Waals surface area contributed by atoms with Crippen LogP contribution in [0, 0.1) is 0 Å². The van der Waals surface area contributed by atoms with E-state index in [1.54, 1.807) is 0 Å². The average molecular weight is 263 g/mol. The molecule has 0 aliphatic carbocycles. The minimum atomic E-state index is -0.0343. The van der Waals surface area contributed by atoms with Gasteiger partial charge in [-0.1, -0.05) is 6.92 Å². The maximum Gasteiger partial charge on any atom is 0.161 e. The first kappa shape index (κ1) is 12.8. The van der Waals surface area contributed by atoms with Gasteiger partial charge >= 0.3 is 0 Å². The Morgan fingerprint density at radius 1 is 1.53 bits per heavy atom. The highest BCUT2D eigenvalue weighted by Gasteiger charge is 2.34. The van der Waals surface area contributed by atoms with E-state index in [1.807, 2.05) is 6.07 Å². The van der Waals surface area contributed by atoms with E-state index in [9.17, 15) is 0 Å². The molecule has 2 saturated heterocycles. The van der Waals surface area contributed by atoms with Gasteiger partial charge < -0.3 is 10.2 Å². The number of hydrazine groups is 1. The van der Waals surface area contributed by atoms with E-state index in [0.717, 1.165) is 31.1 Å². The zero-order valence-corrected chi connectivity index (χ0v) is 11.3. The SMILES string of the molecule is CCc1cc(NN)nc(C2CN3CCCC3CO2)n1. The Hall–Kier alpha value is -1.24. The lowest BCUT2D eigenvalue weighted by Gasteiger charge is -2.34. The number of hydrogen-bond donors (Lipinski definition) is 2. The van der Waals surface area contributed by atoms with Crippen molar-refractivity contribution in [3.8, 4) is 0 Å².